The number of fused-ring (bicyclic) bond motifs is 3. The number of hydrogen-bond acceptors (Lipinski definition) is 8. The second-order valence-corrected chi connectivity index (χ2v) is 14.5. The van der Waals surface area contributed by atoms with E-state index < -0.39 is 0 Å². The molecule has 0 fully saturated rings. The highest BCUT2D eigenvalue weighted by Crippen LogP contribution is 2.36. The normalized spacial score (nSPS) is 14.4. The summed E-state index contributed by atoms with van der Waals surface area (Å²) >= 11 is 3.41. The van der Waals surface area contributed by atoms with E-state index in [1.807, 2.05) is 36.4 Å². The number of hydrogen-bond donors (Lipinski definition) is 0. The second-order valence-electron chi connectivity index (χ2n) is 12.5. The van der Waals surface area contributed by atoms with Crippen molar-refractivity contribution in [1.29, 1.82) is 0 Å². The van der Waals surface area contributed by atoms with Gasteiger partial charge in [-0.05, 0) is 54.5 Å². The van der Waals surface area contributed by atoms with Crippen LogP contribution in [0, 0.1) is 0 Å². The third-order valence-corrected chi connectivity index (χ3v) is 11.3. The number of aromatic nitrogens is 5. The predicted molar refractivity (Wildman–Crippen MR) is 209 cm³/mol. The monoisotopic (exact) mass is 693 g/mol. The third kappa shape index (κ3) is 5.64. The molecule has 0 spiro atoms. The number of oxazole rings is 1. The Labute approximate surface area is 301 Å². The smallest absolute Gasteiger partial charge is 0.202 e. The number of allylic oxidation sites excluding steroid dienone is 4. The van der Waals surface area contributed by atoms with E-state index in [0.29, 0.717) is 5.82 Å². The number of rotatable bonds is 6. The standard InChI is InChI=1S/C43H27N5OS2/c1-4-10-37-32(7-1)46-41(49-37)29-19-13-26(14-20-29)35-25-36(27-15-21-30(22-16-27)42-47-33-8-2-5-11-38(33)50-42)45-40(44-35)28-17-23-31(24-18-28)43-48-34-9-3-6-12-39(34)51-43/h1-19,21-25,29H,20H2. The first-order valence-electron chi connectivity index (χ1n) is 16.8. The number of benzene rings is 5. The molecule has 1 aliphatic rings. The Balaban J connectivity index is 1.00. The van der Waals surface area contributed by atoms with Crippen molar-refractivity contribution in [3.63, 3.8) is 0 Å². The van der Waals surface area contributed by atoms with Crippen molar-refractivity contribution in [2.75, 3.05) is 0 Å². The Morgan fingerprint density at radius 2 is 1.10 bits per heavy atom. The lowest BCUT2D eigenvalue weighted by molar-refractivity contribution is 0.505. The Bertz CT molecular complexity index is 2560. The maximum atomic E-state index is 6.09. The van der Waals surface area contributed by atoms with Crippen molar-refractivity contribution in [3.8, 4) is 43.8 Å². The molecule has 4 aromatic heterocycles. The van der Waals surface area contributed by atoms with Gasteiger partial charge < -0.3 is 4.42 Å². The average Bonchev–Trinajstić information content (AvgIpc) is 3.95. The minimum atomic E-state index is 0.0621. The van der Waals surface area contributed by atoms with E-state index in [2.05, 4.69) is 109 Å². The molecule has 8 heteroatoms. The van der Waals surface area contributed by atoms with Crippen LogP contribution >= 0.6 is 22.7 Å². The van der Waals surface area contributed by atoms with Crippen LogP contribution in [0.15, 0.2) is 150 Å². The summed E-state index contributed by atoms with van der Waals surface area (Å²) < 4.78 is 8.46. The van der Waals surface area contributed by atoms with E-state index in [1.165, 1.54) is 9.40 Å². The van der Waals surface area contributed by atoms with E-state index in [4.69, 9.17) is 29.3 Å². The Morgan fingerprint density at radius 1 is 0.529 bits per heavy atom. The summed E-state index contributed by atoms with van der Waals surface area (Å²) in [6, 6.07) is 43.4. The van der Waals surface area contributed by atoms with E-state index in [9.17, 15) is 0 Å². The van der Waals surface area contributed by atoms with Crippen molar-refractivity contribution in [2.24, 2.45) is 0 Å². The fraction of sp³-hybridized carbons (Fsp3) is 0.0465. The Hall–Kier alpha value is -6.09. The number of nitrogens with zero attached hydrogens (tertiary/aromatic N) is 5. The highest BCUT2D eigenvalue weighted by Gasteiger charge is 2.20. The summed E-state index contributed by atoms with van der Waals surface area (Å²) in [5.74, 6) is 1.46. The van der Waals surface area contributed by atoms with Crippen LogP contribution in [0.2, 0.25) is 0 Å². The molecule has 5 aromatic carbocycles. The molecule has 242 valence electrons. The van der Waals surface area contributed by atoms with Crippen LogP contribution in [0.1, 0.15) is 23.9 Å². The molecule has 0 N–H and O–H groups in total. The molecule has 10 rings (SSSR count). The van der Waals surface area contributed by atoms with Crippen molar-refractivity contribution in [3.05, 3.63) is 157 Å². The summed E-state index contributed by atoms with van der Waals surface area (Å²) in [6.45, 7) is 0. The first-order chi connectivity index (χ1) is 25.2. The second kappa shape index (κ2) is 12.4. The molecule has 1 unspecified atom stereocenters. The first-order valence-corrected chi connectivity index (χ1v) is 18.4. The van der Waals surface area contributed by atoms with Crippen molar-refractivity contribution in [1.82, 2.24) is 24.9 Å². The van der Waals surface area contributed by atoms with Gasteiger partial charge in [0.1, 0.15) is 15.5 Å². The van der Waals surface area contributed by atoms with Crippen LogP contribution in [0.3, 0.4) is 0 Å². The Morgan fingerprint density at radius 3 is 1.71 bits per heavy atom. The van der Waals surface area contributed by atoms with Crippen molar-refractivity contribution >= 4 is 59.8 Å². The zero-order chi connectivity index (χ0) is 33.7. The van der Waals surface area contributed by atoms with Crippen LogP contribution < -0.4 is 0 Å². The van der Waals surface area contributed by atoms with Gasteiger partial charge in [0.25, 0.3) is 0 Å². The fourth-order valence-electron chi connectivity index (χ4n) is 6.45. The zero-order valence-electron chi connectivity index (χ0n) is 27.1. The predicted octanol–water partition coefficient (Wildman–Crippen LogP) is 11.6. The summed E-state index contributed by atoms with van der Waals surface area (Å²) in [4.78, 5) is 24.7. The molecule has 0 saturated heterocycles. The van der Waals surface area contributed by atoms with Crippen molar-refractivity contribution < 1.29 is 4.42 Å². The summed E-state index contributed by atoms with van der Waals surface area (Å²) in [5, 5.41) is 2.00. The molecular formula is C43H27N5OS2. The molecule has 4 heterocycles. The van der Waals surface area contributed by atoms with E-state index in [0.717, 1.165) is 83.7 Å². The van der Waals surface area contributed by atoms with E-state index in [1.54, 1.807) is 22.7 Å². The highest BCUT2D eigenvalue weighted by atomic mass is 32.1. The molecule has 9 aromatic rings. The van der Waals surface area contributed by atoms with Gasteiger partial charge in [0, 0.05) is 22.3 Å². The van der Waals surface area contributed by atoms with Crippen LogP contribution in [-0.2, 0) is 0 Å². The SMILES string of the molecule is C1=CC(c2nc3ccccc3o2)CC=C1c1cc(-c2ccc(-c3nc4ccccc4s3)cc2)nc(-c2ccc(-c3nc4ccccc4s3)cc2)n1. The van der Waals surface area contributed by atoms with Crippen LogP contribution in [0.25, 0.3) is 80.9 Å². The maximum Gasteiger partial charge on any atom is 0.202 e. The van der Waals surface area contributed by atoms with Gasteiger partial charge in [-0.2, -0.15) is 0 Å². The molecule has 0 bridgehead atoms. The number of thiazole rings is 2. The van der Waals surface area contributed by atoms with Gasteiger partial charge in [-0.25, -0.2) is 24.9 Å². The van der Waals surface area contributed by atoms with Gasteiger partial charge in [0.2, 0.25) is 5.89 Å². The maximum absolute atomic E-state index is 6.09. The lowest BCUT2D eigenvalue weighted by atomic mass is 9.94. The van der Waals surface area contributed by atoms with Gasteiger partial charge in [0.05, 0.1) is 37.7 Å². The van der Waals surface area contributed by atoms with Gasteiger partial charge >= 0.3 is 0 Å². The number of para-hydroxylation sites is 4. The topological polar surface area (TPSA) is 77.6 Å². The molecule has 0 radical (unpaired) electrons. The lowest BCUT2D eigenvalue weighted by Crippen LogP contribution is -2.02. The van der Waals surface area contributed by atoms with Gasteiger partial charge in [0.15, 0.2) is 11.4 Å². The largest absolute Gasteiger partial charge is 0.440 e. The fourth-order valence-corrected chi connectivity index (χ4v) is 8.39. The van der Waals surface area contributed by atoms with Crippen LogP contribution in [-0.4, -0.2) is 24.9 Å². The molecule has 1 aliphatic carbocycles. The zero-order valence-corrected chi connectivity index (χ0v) is 28.7. The highest BCUT2D eigenvalue weighted by molar-refractivity contribution is 7.22. The Kier molecular flexibility index (Phi) is 7.22. The van der Waals surface area contributed by atoms with Crippen LogP contribution in [0.4, 0.5) is 0 Å². The molecule has 1 atom stereocenters. The van der Waals surface area contributed by atoms with Gasteiger partial charge in [-0.3, -0.25) is 0 Å². The summed E-state index contributed by atoms with van der Waals surface area (Å²) in [7, 11) is 0. The summed E-state index contributed by atoms with van der Waals surface area (Å²) in [6.07, 6.45) is 7.29. The molecule has 0 saturated carbocycles. The molecular weight excluding hydrogens is 667 g/mol. The first kappa shape index (κ1) is 29.8. The van der Waals surface area contributed by atoms with E-state index in [-0.39, 0.29) is 5.92 Å². The molecule has 6 nitrogen and oxygen atoms in total. The molecule has 0 aliphatic heterocycles. The lowest BCUT2D eigenvalue weighted by Gasteiger charge is -2.15. The third-order valence-electron chi connectivity index (χ3n) is 9.15. The molecule has 51 heavy (non-hydrogen) atoms. The van der Waals surface area contributed by atoms with Gasteiger partial charge in [-0.1, -0.05) is 103 Å². The quantitative estimate of drug-likeness (QED) is 0.172. The van der Waals surface area contributed by atoms with Gasteiger partial charge in [-0.15, -0.1) is 22.7 Å². The van der Waals surface area contributed by atoms with E-state index >= 15 is 0 Å². The summed E-state index contributed by atoms with van der Waals surface area (Å²) in [5.41, 5.74) is 10.6. The minimum absolute atomic E-state index is 0.0621. The molecule has 0 amide bonds. The minimum Gasteiger partial charge on any atom is -0.440 e. The van der Waals surface area contributed by atoms with Crippen molar-refractivity contribution in [2.45, 2.75) is 12.3 Å². The van der Waals surface area contributed by atoms with Crippen LogP contribution in [0.5, 0.6) is 0 Å². The average molecular weight is 694 g/mol.